The van der Waals surface area contributed by atoms with Crippen LogP contribution in [-0.4, -0.2) is 52.4 Å². The fourth-order valence-corrected chi connectivity index (χ4v) is 4.27. The van der Waals surface area contributed by atoms with E-state index in [0.29, 0.717) is 38.5 Å². The summed E-state index contributed by atoms with van der Waals surface area (Å²) in [5.74, 6) is -0.664. The van der Waals surface area contributed by atoms with E-state index in [-0.39, 0.29) is 23.0 Å². The van der Waals surface area contributed by atoms with Gasteiger partial charge in [-0.1, -0.05) is 12.1 Å². The van der Waals surface area contributed by atoms with Crippen molar-refractivity contribution in [3.63, 3.8) is 0 Å². The molecule has 1 aromatic carbocycles. The van der Waals surface area contributed by atoms with Crippen molar-refractivity contribution in [2.24, 2.45) is 0 Å². The molecule has 9 heteroatoms. The summed E-state index contributed by atoms with van der Waals surface area (Å²) in [6, 6.07) is 9.44. The van der Waals surface area contributed by atoms with Crippen LogP contribution in [0.15, 0.2) is 64.3 Å². The molecule has 0 saturated carbocycles. The van der Waals surface area contributed by atoms with Crippen LogP contribution in [0.4, 0.5) is 4.39 Å². The number of nitrogens with one attached hydrogen (secondary N) is 1. The largest absolute Gasteiger partial charge is 0.467 e. The maximum Gasteiger partial charge on any atom is 0.259 e. The highest BCUT2D eigenvalue weighted by atomic mass is 19.1. The Bertz CT molecular complexity index is 1280. The Labute approximate surface area is 209 Å². The lowest BCUT2D eigenvalue weighted by Crippen LogP contribution is -2.49. The Balaban J connectivity index is 1.50. The highest BCUT2D eigenvalue weighted by Crippen LogP contribution is 2.16. The van der Waals surface area contributed by atoms with Crippen LogP contribution >= 0.6 is 0 Å². The average molecular weight is 495 g/mol. The first kappa shape index (κ1) is 25.4. The summed E-state index contributed by atoms with van der Waals surface area (Å²) in [5, 5.41) is 2.78. The van der Waals surface area contributed by atoms with Gasteiger partial charge in [-0.2, -0.15) is 0 Å². The molecule has 3 heterocycles. The van der Waals surface area contributed by atoms with Crippen LogP contribution in [0.3, 0.4) is 0 Å². The summed E-state index contributed by atoms with van der Waals surface area (Å²) < 4.78 is 20.5. The van der Waals surface area contributed by atoms with Gasteiger partial charge in [-0.05, 0) is 50.6 Å². The Morgan fingerprint density at radius 2 is 1.75 bits per heavy atom. The number of nitrogens with zero attached hydrogens (tertiary/aromatic N) is 3. The molecule has 0 unspecified atom stereocenters. The monoisotopic (exact) mass is 494 g/mol. The van der Waals surface area contributed by atoms with Crippen LogP contribution in [0, 0.1) is 5.82 Å². The van der Waals surface area contributed by atoms with Crippen molar-refractivity contribution in [1.82, 2.24) is 19.7 Å². The number of rotatable bonds is 7. The molecule has 1 atom stereocenters. The molecule has 190 valence electrons. The van der Waals surface area contributed by atoms with Gasteiger partial charge in [-0.15, -0.1) is 0 Å². The van der Waals surface area contributed by atoms with Crippen LogP contribution in [0.1, 0.15) is 64.9 Å². The number of hydrogen-bond donors (Lipinski definition) is 1. The number of benzene rings is 1. The van der Waals surface area contributed by atoms with Gasteiger partial charge in [0, 0.05) is 51.2 Å². The molecule has 3 aromatic rings. The van der Waals surface area contributed by atoms with E-state index in [1.54, 1.807) is 34.6 Å². The lowest BCUT2D eigenvalue weighted by molar-refractivity contribution is 0.0626. The normalized spacial score (nSPS) is 15.2. The number of hydrogen-bond acceptors (Lipinski definition) is 5. The summed E-state index contributed by atoms with van der Waals surface area (Å²) in [5.41, 5.74) is 0.165. The van der Waals surface area contributed by atoms with E-state index < -0.39 is 23.3 Å². The van der Waals surface area contributed by atoms with Crippen molar-refractivity contribution in [2.75, 3.05) is 26.2 Å². The van der Waals surface area contributed by atoms with E-state index in [1.807, 2.05) is 19.9 Å². The van der Waals surface area contributed by atoms with Gasteiger partial charge in [0.05, 0.1) is 12.3 Å². The van der Waals surface area contributed by atoms with Crippen LogP contribution < -0.4 is 10.7 Å². The third-order valence-corrected chi connectivity index (χ3v) is 6.39. The number of carbonyl (C=O) groups excluding carboxylic acids is 2. The molecular formula is C27H31FN4O4. The number of carbonyl (C=O) groups is 2. The smallest absolute Gasteiger partial charge is 0.259 e. The van der Waals surface area contributed by atoms with Gasteiger partial charge in [-0.25, -0.2) is 4.39 Å². The summed E-state index contributed by atoms with van der Waals surface area (Å²) in [6.45, 7) is 8.24. The van der Waals surface area contributed by atoms with Gasteiger partial charge in [0.25, 0.3) is 11.8 Å². The van der Waals surface area contributed by atoms with Gasteiger partial charge in [0.15, 0.2) is 0 Å². The molecule has 0 radical (unpaired) electrons. The molecule has 4 rings (SSSR count). The zero-order valence-electron chi connectivity index (χ0n) is 20.7. The minimum absolute atomic E-state index is 0.0272. The van der Waals surface area contributed by atoms with E-state index in [9.17, 15) is 18.8 Å². The van der Waals surface area contributed by atoms with Crippen molar-refractivity contribution in [3.05, 3.63) is 93.5 Å². The molecule has 2 amide bonds. The first-order chi connectivity index (χ1) is 17.2. The molecule has 1 N–H and O–H groups in total. The summed E-state index contributed by atoms with van der Waals surface area (Å²) >= 11 is 0. The number of piperazine rings is 1. The minimum Gasteiger partial charge on any atom is -0.467 e. The standard InChI is InChI=1S/C27H31FN4O4/c1-18(2)32-16-22(26(34)29-19(3)24-8-5-13-36-24)25(33)23(17-32)27(35)31-11-9-30(10-12-31)15-20-6-4-7-21(28)14-20/h4-8,13-14,16-19H,9-12,15H2,1-3H3,(H,29,34)/t19-/m1/s1. The quantitative estimate of drug-likeness (QED) is 0.542. The van der Waals surface area contributed by atoms with Gasteiger partial charge >= 0.3 is 0 Å². The van der Waals surface area contributed by atoms with Crippen LogP contribution in [0.5, 0.6) is 0 Å². The predicted molar refractivity (Wildman–Crippen MR) is 133 cm³/mol. The van der Waals surface area contributed by atoms with Gasteiger partial charge in [0.2, 0.25) is 5.43 Å². The lowest BCUT2D eigenvalue weighted by Gasteiger charge is -2.34. The van der Waals surface area contributed by atoms with Crippen LogP contribution in [0.2, 0.25) is 0 Å². The van der Waals surface area contributed by atoms with E-state index in [2.05, 4.69) is 10.2 Å². The molecule has 1 aliphatic rings. The first-order valence-corrected chi connectivity index (χ1v) is 12.1. The minimum atomic E-state index is -0.594. The molecular weight excluding hydrogens is 463 g/mol. The van der Waals surface area contributed by atoms with Crippen molar-refractivity contribution in [2.45, 2.75) is 39.4 Å². The molecule has 36 heavy (non-hydrogen) atoms. The highest BCUT2D eigenvalue weighted by molar-refractivity contribution is 5.99. The van der Waals surface area contributed by atoms with Gasteiger partial charge in [0.1, 0.15) is 22.7 Å². The average Bonchev–Trinajstić information content (AvgIpc) is 3.39. The second-order valence-corrected chi connectivity index (χ2v) is 9.36. The number of aromatic nitrogens is 1. The van der Waals surface area contributed by atoms with Crippen LogP contribution in [0.25, 0.3) is 0 Å². The summed E-state index contributed by atoms with van der Waals surface area (Å²) in [7, 11) is 0. The maximum atomic E-state index is 13.5. The summed E-state index contributed by atoms with van der Waals surface area (Å²) in [6.07, 6.45) is 4.53. The molecule has 1 saturated heterocycles. The molecule has 0 aliphatic carbocycles. The Kier molecular flexibility index (Phi) is 7.69. The van der Waals surface area contributed by atoms with Gasteiger partial charge in [-0.3, -0.25) is 19.3 Å². The molecule has 8 nitrogen and oxygen atoms in total. The van der Waals surface area contributed by atoms with Crippen LogP contribution in [-0.2, 0) is 6.54 Å². The fourth-order valence-electron chi connectivity index (χ4n) is 4.27. The first-order valence-electron chi connectivity index (χ1n) is 12.1. The molecule has 1 aliphatic heterocycles. The number of furan rings is 1. The Morgan fingerprint density at radius 1 is 1.03 bits per heavy atom. The summed E-state index contributed by atoms with van der Waals surface area (Å²) in [4.78, 5) is 43.5. The topological polar surface area (TPSA) is 87.8 Å². The van der Waals surface area contributed by atoms with Gasteiger partial charge < -0.3 is 19.2 Å². The van der Waals surface area contributed by atoms with Crippen molar-refractivity contribution >= 4 is 11.8 Å². The Hall–Kier alpha value is -3.72. The zero-order chi connectivity index (χ0) is 25.8. The van der Waals surface area contributed by atoms with Crippen molar-refractivity contribution in [3.8, 4) is 0 Å². The zero-order valence-corrected chi connectivity index (χ0v) is 20.7. The third-order valence-electron chi connectivity index (χ3n) is 6.39. The number of halogens is 1. The molecule has 1 fully saturated rings. The Morgan fingerprint density at radius 3 is 2.39 bits per heavy atom. The number of pyridine rings is 1. The van der Waals surface area contributed by atoms with E-state index >= 15 is 0 Å². The highest BCUT2D eigenvalue weighted by Gasteiger charge is 2.27. The second kappa shape index (κ2) is 10.9. The van der Waals surface area contributed by atoms with Crippen molar-refractivity contribution in [1.29, 1.82) is 0 Å². The number of amides is 2. The molecule has 0 bridgehead atoms. The predicted octanol–water partition coefficient (Wildman–Crippen LogP) is 3.61. The van der Waals surface area contributed by atoms with E-state index in [0.717, 1.165) is 5.56 Å². The maximum absolute atomic E-state index is 13.5. The fraction of sp³-hybridized carbons (Fsp3) is 0.370. The third kappa shape index (κ3) is 5.73. The van der Waals surface area contributed by atoms with Crippen molar-refractivity contribution < 1.29 is 18.4 Å². The van der Waals surface area contributed by atoms with E-state index in [1.165, 1.54) is 30.8 Å². The molecule has 0 spiro atoms. The SMILES string of the molecule is CC(C)n1cc(C(=O)N[C@H](C)c2ccco2)c(=O)c(C(=O)N2CCN(Cc3cccc(F)c3)CC2)c1. The second-order valence-electron chi connectivity index (χ2n) is 9.36. The lowest BCUT2D eigenvalue weighted by atomic mass is 10.1. The molecule has 2 aromatic heterocycles. The van der Waals surface area contributed by atoms with E-state index in [4.69, 9.17) is 4.42 Å².